The SMILES string of the molecule is CNC1CCN(c2c(Br)cc(C)cc2Br)C1. The second-order valence-electron chi connectivity index (χ2n) is 4.30. The molecule has 16 heavy (non-hydrogen) atoms. The number of rotatable bonds is 2. The fourth-order valence-corrected chi connectivity index (χ4v) is 4.11. The third kappa shape index (κ3) is 2.44. The van der Waals surface area contributed by atoms with Crippen LogP contribution < -0.4 is 10.2 Å². The van der Waals surface area contributed by atoms with E-state index >= 15 is 0 Å². The molecule has 1 aromatic carbocycles. The molecule has 0 bridgehead atoms. The van der Waals surface area contributed by atoms with Crippen LogP contribution in [0.5, 0.6) is 0 Å². The van der Waals surface area contributed by atoms with Crippen molar-refractivity contribution in [1.29, 1.82) is 0 Å². The second-order valence-corrected chi connectivity index (χ2v) is 6.01. The number of halogens is 2. The van der Waals surface area contributed by atoms with Crippen molar-refractivity contribution in [2.75, 3.05) is 25.0 Å². The third-order valence-electron chi connectivity index (χ3n) is 3.07. The topological polar surface area (TPSA) is 15.3 Å². The van der Waals surface area contributed by atoms with Gasteiger partial charge in [0.05, 0.1) is 5.69 Å². The lowest BCUT2D eigenvalue weighted by atomic mass is 10.2. The molecule has 88 valence electrons. The van der Waals surface area contributed by atoms with Crippen LogP contribution in [-0.2, 0) is 0 Å². The van der Waals surface area contributed by atoms with Gasteiger partial charge in [-0.3, -0.25) is 0 Å². The van der Waals surface area contributed by atoms with Gasteiger partial charge in [-0.15, -0.1) is 0 Å². The summed E-state index contributed by atoms with van der Waals surface area (Å²) in [6.45, 7) is 4.31. The van der Waals surface area contributed by atoms with Gasteiger partial charge in [0.1, 0.15) is 0 Å². The molecular formula is C12H16Br2N2. The molecule has 2 rings (SSSR count). The van der Waals surface area contributed by atoms with Crippen LogP contribution in [0.4, 0.5) is 5.69 Å². The number of nitrogens with one attached hydrogen (secondary N) is 1. The van der Waals surface area contributed by atoms with E-state index in [9.17, 15) is 0 Å². The summed E-state index contributed by atoms with van der Waals surface area (Å²) in [4.78, 5) is 2.43. The number of hydrogen-bond acceptors (Lipinski definition) is 2. The highest BCUT2D eigenvalue weighted by Crippen LogP contribution is 2.37. The summed E-state index contributed by atoms with van der Waals surface area (Å²) >= 11 is 7.32. The van der Waals surface area contributed by atoms with Crippen molar-refractivity contribution in [3.63, 3.8) is 0 Å². The summed E-state index contributed by atoms with van der Waals surface area (Å²) in [5.74, 6) is 0. The van der Waals surface area contributed by atoms with Crippen LogP contribution in [0, 0.1) is 6.92 Å². The lowest BCUT2D eigenvalue weighted by Crippen LogP contribution is -2.29. The minimum atomic E-state index is 0.611. The van der Waals surface area contributed by atoms with Gasteiger partial charge in [0.15, 0.2) is 0 Å². The molecule has 0 aromatic heterocycles. The molecule has 2 nitrogen and oxygen atoms in total. The van der Waals surface area contributed by atoms with Crippen molar-refractivity contribution in [2.24, 2.45) is 0 Å². The maximum Gasteiger partial charge on any atom is 0.0655 e. The summed E-state index contributed by atoms with van der Waals surface area (Å²) in [6.07, 6.45) is 1.21. The first-order chi connectivity index (χ1) is 7.61. The van der Waals surface area contributed by atoms with Gasteiger partial charge in [0, 0.05) is 28.1 Å². The monoisotopic (exact) mass is 346 g/mol. The van der Waals surface area contributed by atoms with Gasteiger partial charge in [-0.2, -0.15) is 0 Å². The molecule has 0 saturated carbocycles. The summed E-state index contributed by atoms with van der Waals surface area (Å²) in [5.41, 5.74) is 2.55. The van der Waals surface area contributed by atoms with Gasteiger partial charge < -0.3 is 10.2 Å². The van der Waals surface area contributed by atoms with Crippen molar-refractivity contribution in [1.82, 2.24) is 5.32 Å². The van der Waals surface area contributed by atoms with Gasteiger partial charge in [0.2, 0.25) is 0 Å². The summed E-state index contributed by atoms with van der Waals surface area (Å²) in [5, 5.41) is 3.34. The van der Waals surface area contributed by atoms with Crippen LogP contribution >= 0.6 is 31.9 Å². The predicted octanol–water partition coefficient (Wildman–Crippen LogP) is 3.32. The molecule has 1 atom stereocenters. The van der Waals surface area contributed by atoms with Crippen molar-refractivity contribution >= 4 is 37.5 Å². The van der Waals surface area contributed by atoms with Gasteiger partial charge >= 0.3 is 0 Å². The average Bonchev–Trinajstić information content (AvgIpc) is 2.64. The van der Waals surface area contributed by atoms with E-state index in [1.807, 2.05) is 7.05 Å². The standard InChI is InChI=1S/C12H16Br2N2/c1-8-5-10(13)12(11(14)6-8)16-4-3-9(7-16)15-2/h5-6,9,15H,3-4,7H2,1-2H3. The van der Waals surface area contributed by atoms with Crippen LogP contribution in [0.25, 0.3) is 0 Å². The molecule has 1 fully saturated rings. The van der Waals surface area contributed by atoms with Crippen LogP contribution in [0.2, 0.25) is 0 Å². The van der Waals surface area contributed by atoms with Gasteiger partial charge in [-0.05, 0) is 69.9 Å². The minimum Gasteiger partial charge on any atom is -0.368 e. The fourth-order valence-electron chi connectivity index (χ4n) is 2.19. The largest absolute Gasteiger partial charge is 0.368 e. The Morgan fingerprint density at radius 3 is 2.44 bits per heavy atom. The molecule has 0 radical (unpaired) electrons. The maximum atomic E-state index is 3.66. The summed E-state index contributed by atoms with van der Waals surface area (Å²) < 4.78 is 2.35. The lowest BCUT2D eigenvalue weighted by molar-refractivity contribution is 0.617. The van der Waals surface area contributed by atoms with E-state index in [2.05, 4.69) is 61.1 Å². The van der Waals surface area contributed by atoms with Crippen molar-refractivity contribution in [3.05, 3.63) is 26.6 Å². The normalized spacial score (nSPS) is 20.5. The molecule has 1 unspecified atom stereocenters. The zero-order valence-corrected chi connectivity index (χ0v) is 12.7. The Labute approximate surface area is 114 Å². The Morgan fingerprint density at radius 2 is 1.94 bits per heavy atom. The Hall–Kier alpha value is -0.0600. The Kier molecular flexibility index (Phi) is 3.93. The first-order valence-corrected chi connectivity index (χ1v) is 7.08. The van der Waals surface area contributed by atoms with Gasteiger partial charge in [-0.1, -0.05) is 0 Å². The molecular weight excluding hydrogens is 332 g/mol. The first kappa shape index (κ1) is 12.4. The minimum absolute atomic E-state index is 0.611. The van der Waals surface area contributed by atoms with Crippen molar-refractivity contribution in [3.8, 4) is 0 Å². The molecule has 1 heterocycles. The summed E-state index contributed by atoms with van der Waals surface area (Å²) in [6, 6.07) is 4.96. The van der Waals surface area contributed by atoms with E-state index in [4.69, 9.17) is 0 Å². The fraction of sp³-hybridized carbons (Fsp3) is 0.500. The molecule has 1 N–H and O–H groups in total. The zero-order valence-electron chi connectivity index (χ0n) is 9.56. The number of aryl methyl sites for hydroxylation is 1. The molecule has 0 aliphatic carbocycles. The van der Waals surface area contributed by atoms with Crippen LogP contribution in [0.1, 0.15) is 12.0 Å². The summed E-state index contributed by atoms with van der Waals surface area (Å²) in [7, 11) is 2.04. The van der Waals surface area contributed by atoms with E-state index in [1.165, 1.54) is 26.6 Å². The second kappa shape index (κ2) is 5.07. The average molecular weight is 348 g/mol. The van der Waals surface area contributed by atoms with Gasteiger partial charge in [-0.25, -0.2) is 0 Å². The number of anilines is 1. The Bertz CT molecular complexity index is 370. The van der Waals surface area contributed by atoms with E-state index in [-0.39, 0.29) is 0 Å². The molecule has 1 saturated heterocycles. The number of nitrogens with zero attached hydrogens (tertiary/aromatic N) is 1. The molecule has 0 amide bonds. The smallest absolute Gasteiger partial charge is 0.0655 e. The number of likely N-dealkylation sites (N-methyl/N-ethyl adjacent to an activating group) is 1. The van der Waals surface area contributed by atoms with Crippen molar-refractivity contribution in [2.45, 2.75) is 19.4 Å². The Balaban J connectivity index is 2.28. The van der Waals surface area contributed by atoms with Crippen molar-refractivity contribution < 1.29 is 0 Å². The maximum absolute atomic E-state index is 3.66. The highest BCUT2D eigenvalue weighted by atomic mass is 79.9. The number of hydrogen-bond donors (Lipinski definition) is 1. The third-order valence-corrected chi connectivity index (χ3v) is 4.28. The highest BCUT2D eigenvalue weighted by molar-refractivity contribution is 9.11. The molecule has 4 heteroatoms. The van der Waals surface area contributed by atoms with E-state index < -0.39 is 0 Å². The first-order valence-electron chi connectivity index (χ1n) is 5.49. The molecule has 1 aliphatic rings. The van der Waals surface area contributed by atoms with Crippen LogP contribution in [-0.4, -0.2) is 26.2 Å². The van der Waals surface area contributed by atoms with Crippen LogP contribution in [0.3, 0.4) is 0 Å². The zero-order chi connectivity index (χ0) is 11.7. The Morgan fingerprint density at radius 1 is 1.31 bits per heavy atom. The lowest BCUT2D eigenvalue weighted by Gasteiger charge is -2.22. The van der Waals surface area contributed by atoms with E-state index in [0.29, 0.717) is 6.04 Å². The molecule has 0 spiro atoms. The predicted molar refractivity (Wildman–Crippen MR) is 76.3 cm³/mol. The highest BCUT2D eigenvalue weighted by Gasteiger charge is 2.24. The van der Waals surface area contributed by atoms with Crippen LogP contribution in [0.15, 0.2) is 21.1 Å². The van der Waals surface area contributed by atoms with E-state index in [1.54, 1.807) is 0 Å². The quantitative estimate of drug-likeness (QED) is 0.882. The molecule has 1 aromatic rings. The molecule has 1 aliphatic heterocycles. The van der Waals surface area contributed by atoms with Gasteiger partial charge in [0.25, 0.3) is 0 Å². The number of benzene rings is 1. The van der Waals surface area contributed by atoms with E-state index in [0.717, 1.165) is 13.1 Å².